The van der Waals surface area contributed by atoms with Gasteiger partial charge in [0.05, 0.1) is 0 Å². The topological polar surface area (TPSA) is 39.3 Å². The Morgan fingerprint density at radius 1 is 1.00 bits per heavy atom. The molecule has 1 aliphatic heterocycles. The smallest absolute Gasteiger partial charge is 0.254 e. The first-order chi connectivity index (χ1) is 13.1. The van der Waals surface area contributed by atoms with Crippen molar-refractivity contribution in [3.05, 3.63) is 71.4 Å². The number of aromatic amines is 1. The van der Waals surface area contributed by atoms with Crippen LogP contribution >= 0.6 is 0 Å². The molecule has 1 fully saturated rings. The third-order valence-electron chi connectivity index (χ3n) is 5.20. The number of hydrogen-bond acceptors (Lipinski definition) is 2. The van der Waals surface area contributed by atoms with Gasteiger partial charge in [-0.15, -0.1) is 0 Å². The maximum absolute atomic E-state index is 13.4. The summed E-state index contributed by atoms with van der Waals surface area (Å²) in [6.45, 7) is 3.65. The van der Waals surface area contributed by atoms with Crippen LogP contribution in [0.3, 0.4) is 0 Å². The van der Waals surface area contributed by atoms with Crippen LogP contribution in [0.15, 0.2) is 48.7 Å². The molecule has 27 heavy (non-hydrogen) atoms. The lowest BCUT2D eigenvalue weighted by atomic mass is 10.1. The number of rotatable bonds is 4. The molecule has 1 aromatic heterocycles. The number of nitrogens with zero attached hydrogens (tertiary/aromatic N) is 2. The summed E-state index contributed by atoms with van der Waals surface area (Å²) in [4.78, 5) is 19.8. The molecule has 0 atom stereocenters. The van der Waals surface area contributed by atoms with Gasteiger partial charge in [-0.2, -0.15) is 0 Å². The number of aromatic nitrogens is 1. The van der Waals surface area contributed by atoms with Gasteiger partial charge < -0.3 is 9.88 Å². The van der Waals surface area contributed by atoms with E-state index in [4.69, 9.17) is 0 Å². The van der Waals surface area contributed by atoms with Gasteiger partial charge in [-0.25, -0.2) is 8.78 Å². The number of carbonyl (C=O) groups is 1. The van der Waals surface area contributed by atoms with Crippen molar-refractivity contribution < 1.29 is 13.6 Å². The predicted octanol–water partition coefficient (Wildman–Crippen LogP) is 3.45. The molecule has 4 nitrogen and oxygen atoms in total. The Bertz CT molecular complexity index is 961. The minimum atomic E-state index is -0.988. The van der Waals surface area contributed by atoms with Gasteiger partial charge in [-0.1, -0.05) is 18.2 Å². The summed E-state index contributed by atoms with van der Waals surface area (Å²) in [7, 11) is 0. The minimum absolute atomic E-state index is 0.196. The molecular weight excluding hydrogens is 348 g/mol. The molecular formula is C21H21F2N3O. The van der Waals surface area contributed by atoms with E-state index in [-0.39, 0.29) is 11.5 Å². The molecule has 4 rings (SSSR count). The number of H-pyrrole nitrogens is 1. The summed E-state index contributed by atoms with van der Waals surface area (Å²) in [5.41, 5.74) is 2.64. The molecule has 0 bridgehead atoms. The highest BCUT2D eigenvalue weighted by Gasteiger charge is 2.22. The average Bonchev–Trinajstić information content (AvgIpc) is 3.11. The number of benzene rings is 2. The van der Waals surface area contributed by atoms with Crippen molar-refractivity contribution in [2.45, 2.75) is 6.42 Å². The van der Waals surface area contributed by atoms with Crippen molar-refractivity contribution in [1.82, 2.24) is 14.8 Å². The molecule has 0 radical (unpaired) electrons. The van der Waals surface area contributed by atoms with Crippen LogP contribution < -0.4 is 0 Å². The number of piperazine rings is 1. The Kier molecular flexibility index (Phi) is 4.90. The van der Waals surface area contributed by atoms with Gasteiger partial charge in [0.15, 0.2) is 11.6 Å². The number of amides is 1. The van der Waals surface area contributed by atoms with E-state index in [1.165, 1.54) is 17.0 Å². The van der Waals surface area contributed by atoms with E-state index in [1.807, 2.05) is 12.1 Å². The zero-order valence-electron chi connectivity index (χ0n) is 14.9. The molecule has 0 unspecified atom stereocenters. The van der Waals surface area contributed by atoms with E-state index in [2.05, 4.69) is 28.2 Å². The summed E-state index contributed by atoms with van der Waals surface area (Å²) < 4.78 is 26.4. The van der Waals surface area contributed by atoms with Gasteiger partial charge in [0, 0.05) is 55.4 Å². The molecule has 0 aliphatic carbocycles. The van der Waals surface area contributed by atoms with E-state index in [1.54, 1.807) is 4.90 Å². The molecule has 1 aliphatic rings. The Balaban J connectivity index is 1.32. The number of fused-ring (bicyclic) bond motifs is 1. The Morgan fingerprint density at radius 3 is 2.56 bits per heavy atom. The fourth-order valence-electron chi connectivity index (χ4n) is 3.60. The second-order valence-corrected chi connectivity index (χ2v) is 6.87. The zero-order chi connectivity index (χ0) is 18.8. The number of nitrogens with one attached hydrogen (secondary N) is 1. The third kappa shape index (κ3) is 3.71. The van der Waals surface area contributed by atoms with Gasteiger partial charge in [0.2, 0.25) is 0 Å². The molecule has 2 heterocycles. The van der Waals surface area contributed by atoms with Crippen molar-refractivity contribution in [3.63, 3.8) is 0 Å². The van der Waals surface area contributed by atoms with Crippen LogP contribution in [0.5, 0.6) is 0 Å². The van der Waals surface area contributed by atoms with Crippen molar-refractivity contribution in [1.29, 1.82) is 0 Å². The van der Waals surface area contributed by atoms with Crippen molar-refractivity contribution in [3.8, 4) is 0 Å². The average molecular weight is 369 g/mol. The van der Waals surface area contributed by atoms with Crippen molar-refractivity contribution in [2.24, 2.45) is 0 Å². The van der Waals surface area contributed by atoms with Crippen LogP contribution in [0, 0.1) is 11.6 Å². The maximum atomic E-state index is 13.4. The van der Waals surface area contributed by atoms with Crippen LogP contribution in [0.2, 0.25) is 0 Å². The van der Waals surface area contributed by atoms with E-state index >= 15 is 0 Å². The maximum Gasteiger partial charge on any atom is 0.254 e. The number of para-hydroxylation sites is 1. The zero-order valence-corrected chi connectivity index (χ0v) is 14.9. The van der Waals surface area contributed by atoms with Gasteiger partial charge in [-0.3, -0.25) is 9.69 Å². The quantitative estimate of drug-likeness (QED) is 0.765. The van der Waals surface area contributed by atoms with Crippen LogP contribution in [0.4, 0.5) is 8.78 Å². The lowest BCUT2D eigenvalue weighted by Gasteiger charge is -2.34. The predicted molar refractivity (Wildman–Crippen MR) is 101 cm³/mol. The third-order valence-corrected chi connectivity index (χ3v) is 5.20. The molecule has 1 N–H and O–H groups in total. The van der Waals surface area contributed by atoms with Crippen molar-refractivity contribution >= 4 is 16.8 Å². The number of carbonyl (C=O) groups excluding carboxylic acids is 1. The number of halogens is 2. The highest BCUT2D eigenvalue weighted by atomic mass is 19.2. The molecule has 140 valence electrons. The fourth-order valence-corrected chi connectivity index (χ4v) is 3.60. The van der Waals surface area contributed by atoms with Crippen LogP contribution in [0.1, 0.15) is 15.9 Å². The van der Waals surface area contributed by atoms with Crippen molar-refractivity contribution in [2.75, 3.05) is 32.7 Å². The molecule has 3 aromatic rings. The SMILES string of the molecule is O=C(c1ccc(F)c(F)c1)N1CCN(CCc2c[nH]c3ccccc23)CC1. The van der Waals surface area contributed by atoms with E-state index in [9.17, 15) is 13.6 Å². The molecule has 1 saturated heterocycles. The Labute approximate surface area is 156 Å². The largest absolute Gasteiger partial charge is 0.361 e. The molecule has 6 heteroatoms. The second-order valence-electron chi connectivity index (χ2n) is 6.87. The molecule has 1 amide bonds. The standard InChI is InChI=1S/C21H21F2N3O/c22-18-6-5-15(13-19(18)23)21(27)26-11-9-25(10-12-26)8-7-16-14-24-20-4-2-1-3-17(16)20/h1-6,13-14,24H,7-12H2. The molecule has 2 aromatic carbocycles. The summed E-state index contributed by atoms with van der Waals surface area (Å²) in [5, 5.41) is 1.25. The highest BCUT2D eigenvalue weighted by Crippen LogP contribution is 2.19. The first kappa shape index (κ1) is 17.7. The van der Waals surface area contributed by atoms with Gasteiger partial charge in [-0.05, 0) is 36.2 Å². The Morgan fingerprint density at radius 2 is 1.78 bits per heavy atom. The highest BCUT2D eigenvalue weighted by molar-refractivity contribution is 5.94. The van der Waals surface area contributed by atoms with E-state index in [0.717, 1.165) is 43.7 Å². The summed E-state index contributed by atoms with van der Waals surface area (Å²) in [6.07, 6.45) is 3.01. The van der Waals surface area contributed by atoms with Crippen LogP contribution in [0.25, 0.3) is 10.9 Å². The van der Waals surface area contributed by atoms with Gasteiger partial charge >= 0.3 is 0 Å². The van der Waals surface area contributed by atoms with E-state index < -0.39 is 11.6 Å². The normalized spacial score (nSPS) is 15.4. The van der Waals surface area contributed by atoms with Gasteiger partial charge in [0.25, 0.3) is 5.91 Å². The Hall–Kier alpha value is -2.73. The minimum Gasteiger partial charge on any atom is -0.361 e. The van der Waals surface area contributed by atoms with Gasteiger partial charge in [0.1, 0.15) is 0 Å². The monoisotopic (exact) mass is 369 g/mol. The van der Waals surface area contributed by atoms with E-state index in [0.29, 0.717) is 13.1 Å². The van der Waals surface area contributed by atoms with Crippen LogP contribution in [-0.2, 0) is 6.42 Å². The molecule has 0 saturated carbocycles. The lowest BCUT2D eigenvalue weighted by Crippen LogP contribution is -2.49. The fraction of sp³-hybridized carbons (Fsp3) is 0.286. The first-order valence-electron chi connectivity index (χ1n) is 9.13. The van der Waals surface area contributed by atoms with Crippen LogP contribution in [-0.4, -0.2) is 53.4 Å². The lowest BCUT2D eigenvalue weighted by molar-refractivity contribution is 0.0638. The summed E-state index contributed by atoms with van der Waals surface area (Å²) in [6, 6.07) is 11.6. The summed E-state index contributed by atoms with van der Waals surface area (Å²) >= 11 is 0. The number of hydrogen-bond donors (Lipinski definition) is 1. The first-order valence-corrected chi connectivity index (χ1v) is 9.13. The summed E-state index contributed by atoms with van der Waals surface area (Å²) in [5.74, 6) is -2.17. The molecule has 0 spiro atoms. The second kappa shape index (κ2) is 7.48.